The van der Waals surface area contributed by atoms with Gasteiger partial charge in [-0.15, -0.1) is 0 Å². The summed E-state index contributed by atoms with van der Waals surface area (Å²) in [5, 5.41) is 1.12. The van der Waals surface area contributed by atoms with Crippen molar-refractivity contribution in [3.8, 4) is 0 Å². The van der Waals surface area contributed by atoms with Crippen LogP contribution in [0.25, 0.3) is 0 Å². The molecular weight excluding hydrogens is 216 g/mol. The largest absolute Gasteiger partial charge is 0.385 e. The Morgan fingerprint density at radius 2 is 1.83 bits per heavy atom. The van der Waals surface area contributed by atoms with E-state index in [1.807, 2.05) is 0 Å². The number of hydrogen-bond acceptors (Lipinski definition) is 1. The zero-order valence-electron chi connectivity index (χ0n) is 8.53. The number of methoxy groups -OCH3 is 1. The Labute approximate surface area is 85.0 Å². The molecule has 0 aliphatic heterocycles. The van der Waals surface area contributed by atoms with Crippen molar-refractivity contribution in [3.63, 3.8) is 0 Å². The van der Waals surface area contributed by atoms with E-state index >= 15 is 0 Å². The second-order valence-electron chi connectivity index (χ2n) is 3.44. The van der Waals surface area contributed by atoms with Gasteiger partial charge in [0.15, 0.2) is 0 Å². The molecule has 0 aromatic rings. The molecule has 0 rings (SSSR count). The second-order valence-corrected chi connectivity index (χ2v) is 4.00. The summed E-state index contributed by atoms with van der Waals surface area (Å²) in [7, 11) is 1.77. The summed E-state index contributed by atoms with van der Waals surface area (Å²) in [6, 6.07) is 0. The Bertz CT molecular complexity index is 91.7. The van der Waals surface area contributed by atoms with E-state index in [1.165, 1.54) is 25.7 Å². The van der Waals surface area contributed by atoms with Crippen LogP contribution in [0.2, 0.25) is 0 Å². The number of ether oxygens (including phenoxy) is 1. The van der Waals surface area contributed by atoms with Crippen molar-refractivity contribution in [1.82, 2.24) is 0 Å². The summed E-state index contributed by atoms with van der Waals surface area (Å²) in [5.41, 5.74) is 0.512. The molecule has 74 valence electrons. The quantitative estimate of drug-likeness (QED) is 0.485. The van der Waals surface area contributed by atoms with Gasteiger partial charge in [-0.05, 0) is 31.1 Å². The summed E-state index contributed by atoms with van der Waals surface area (Å²) in [6.45, 7) is 5.45. The van der Waals surface area contributed by atoms with Crippen molar-refractivity contribution in [3.05, 3.63) is 0 Å². The minimum absolute atomic E-state index is 0.512. The van der Waals surface area contributed by atoms with E-state index < -0.39 is 0 Å². The van der Waals surface area contributed by atoms with E-state index in [1.54, 1.807) is 7.11 Å². The molecule has 0 amide bonds. The third-order valence-electron chi connectivity index (χ3n) is 2.84. The fraction of sp³-hybridized carbons (Fsp3) is 1.00. The van der Waals surface area contributed by atoms with Crippen LogP contribution in [0.15, 0.2) is 0 Å². The molecule has 0 aliphatic rings. The maximum absolute atomic E-state index is 5.06. The minimum Gasteiger partial charge on any atom is -0.385 e. The van der Waals surface area contributed by atoms with Crippen LogP contribution in [0, 0.1) is 5.41 Å². The van der Waals surface area contributed by atoms with Gasteiger partial charge in [0.25, 0.3) is 0 Å². The molecule has 0 aromatic heterocycles. The van der Waals surface area contributed by atoms with Gasteiger partial charge < -0.3 is 4.74 Å². The Kier molecular flexibility index (Phi) is 7.16. The summed E-state index contributed by atoms with van der Waals surface area (Å²) in [5.74, 6) is 0. The van der Waals surface area contributed by atoms with E-state index in [2.05, 4.69) is 29.8 Å². The molecule has 0 bridgehead atoms. The van der Waals surface area contributed by atoms with Crippen LogP contribution in [0.3, 0.4) is 0 Å². The van der Waals surface area contributed by atoms with Gasteiger partial charge >= 0.3 is 0 Å². The highest BCUT2D eigenvalue weighted by molar-refractivity contribution is 9.09. The van der Waals surface area contributed by atoms with Gasteiger partial charge in [0, 0.05) is 19.0 Å². The van der Waals surface area contributed by atoms with Crippen LogP contribution in [0.4, 0.5) is 0 Å². The predicted octanol–water partition coefficient (Wildman–Crippen LogP) is 3.61. The average molecular weight is 237 g/mol. The molecule has 0 fully saturated rings. The maximum atomic E-state index is 5.06. The highest BCUT2D eigenvalue weighted by Gasteiger charge is 2.23. The lowest BCUT2D eigenvalue weighted by atomic mass is 9.80. The molecule has 0 saturated carbocycles. The SMILES string of the molecule is CCC(CC)(CBr)CCCOC. The van der Waals surface area contributed by atoms with Crippen LogP contribution >= 0.6 is 15.9 Å². The van der Waals surface area contributed by atoms with Gasteiger partial charge in [-0.3, -0.25) is 0 Å². The lowest BCUT2D eigenvalue weighted by Gasteiger charge is -2.29. The van der Waals surface area contributed by atoms with E-state index in [0.29, 0.717) is 5.41 Å². The minimum atomic E-state index is 0.512. The van der Waals surface area contributed by atoms with Crippen molar-refractivity contribution >= 4 is 15.9 Å². The molecule has 2 heteroatoms. The Balaban J connectivity index is 3.76. The first-order chi connectivity index (χ1) is 5.74. The molecule has 12 heavy (non-hydrogen) atoms. The molecule has 0 aliphatic carbocycles. The van der Waals surface area contributed by atoms with Crippen molar-refractivity contribution in [2.45, 2.75) is 39.5 Å². The average Bonchev–Trinajstić information content (AvgIpc) is 2.14. The van der Waals surface area contributed by atoms with Crippen LogP contribution in [0.1, 0.15) is 39.5 Å². The van der Waals surface area contributed by atoms with Gasteiger partial charge in [-0.2, -0.15) is 0 Å². The van der Waals surface area contributed by atoms with Gasteiger partial charge in [0.1, 0.15) is 0 Å². The van der Waals surface area contributed by atoms with Crippen LogP contribution < -0.4 is 0 Å². The van der Waals surface area contributed by atoms with Gasteiger partial charge in [-0.1, -0.05) is 29.8 Å². The lowest BCUT2D eigenvalue weighted by Crippen LogP contribution is -2.21. The molecule has 0 aromatic carbocycles. The normalized spacial score (nSPS) is 12.0. The first-order valence-electron chi connectivity index (χ1n) is 4.79. The summed E-state index contributed by atoms with van der Waals surface area (Å²) in [4.78, 5) is 0. The van der Waals surface area contributed by atoms with Gasteiger partial charge in [0.2, 0.25) is 0 Å². The predicted molar refractivity (Wildman–Crippen MR) is 57.9 cm³/mol. The van der Waals surface area contributed by atoms with Crippen molar-refractivity contribution < 1.29 is 4.74 Å². The number of rotatable bonds is 7. The molecule has 1 nitrogen and oxygen atoms in total. The smallest absolute Gasteiger partial charge is 0.0462 e. The van der Waals surface area contributed by atoms with Crippen molar-refractivity contribution in [2.24, 2.45) is 5.41 Å². The van der Waals surface area contributed by atoms with E-state index in [9.17, 15) is 0 Å². The van der Waals surface area contributed by atoms with Crippen LogP contribution in [-0.4, -0.2) is 19.0 Å². The van der Waals surface area contributed by atoms with E-state index in [4.69, 9.17) is 4.74 Å². The van der Waals surface area contributed by atoms with Crippen LogP contribution in [-0.2, 0) is 4.74 Å². The van der Waals surface area contributed by atoms with E-state index in [0.717, 1.165) is 11.9 Å². The fourth-order valence-corrected chi connectivity index (χ4v) is 2.52. The first kappa shape index (κ1) is 12.4. The lowest BCUT2D eigenvalue weighted by molar-refractivity contribution is 0.168. The molecule has 0 saturated heterocycles. The summed E-state index contributed by atoms with van der Waals surface area (Å²) >= 11 is 3.60. The molecule has 0 N–H and O–H groups in total. The molecule has 0 heterocycles. The molecule has 0 unspecified atom stereocenters. The molecule has 0 spiro atoms. The topological polar surface area (TPSA) is 9.23 Å². The second kappa shape index (κ2) is 6.90. The number of hydrogen-bond donors (Lipinski definition) is 0. The zero-order valence-corrected chi connectivity index (χ0v) is 10.1. The first-order valence-corrected chi connectivity index (χ1v) is 5.91. The number of alkyl halides is 1. The van der Waals surface area contributed by atoms with E-state index in [-0.39, 0.29) is 0 Å². The summed E-state index contributed by atoms with van der Waals surface area (Å²) in [6.07, 6.45) is 4.99. The fourth-order valence-electron chi connectivity index (χ4n) is 1.45. The van der Waals surface area contributed by atoms with Crippen molar-refractivity contribution in [1.29, 1.82) is 0 Å². The zero-order chi connectivity index (χ0) is 9.45. The van der Waals surface area contributed by atoms with Crippen LogP contribution in [0.5, 0.6) is 0 Å². The third kappa shape index (κ3) is 3.90. The van der Waals surface area contributed by atoms with Gasteiger partial charge in [0.05, 0.1) is 0 Å². The highest BCUT2D eigenvalue weighted by Crippen LogP contribution is 2.33. The standard InChI is InChI=1S/C10H21BrO/c1-4-10(5-2,9-11)7-6-8-12-3/h4-9H2,1-3H3. The Morgan fingerprint density at radius 3 is 2.17 bits per heavy atom. The summed E-state index contributed by atoms with van der Waals surface area (Å²) < 4.78 is 5.06. The third-order valence-corrected chi connectivity index (χ3v) is 4.03. The number of halogens is 1. The Hall–Kier alpha value is 0.440. The Morgan fingerprint density at radius 1 is 1.25 bits per heavy atom. The van der Waals surface area contributed by atoms with Gasteiger partial charge in [-0.25, -0.2) is 0 Å². The highest BCUT2D eigenvalue weighted by atomic mass is 79.9. The molecule has 0 radical (unpaired) electrons. The maximum Gasteiger partial charge on any atom is 0.0462 e. The monoisotopic (exact) mass is 236 g/mol. The molecular formula is C10H21BrO. The van der Waals surface area contributed by atoms with Crippen molar-refractivity contribution in [2.75, 3.05) is 19.0 Å². The molecule has 0 atom stereocenters.